The molecule has 1 atom stereocenters. The predicted octanol–water partition coefficient (Wildman–Crippen LogP) is -0.566. The molecule has 0 fully saturated rings. The van der Waals surface area contributed by atoms with Crippen LogP contribution < -0.4 is 16.0 Å². The highest BCUT2D eigenvalue weighted by Gasteiger charge is 2.22. The first-order valence-corrected chi connectivity index (χ1v) is 10.0. The van der Waals surface area contributed by atoms with Crippen LogP contribution in [0.1, 0.15) is 46.5 Å². The molecular weight excluding hydrogens is 392 g/mol. The Balaban J connectivity index is 2.09. The first-order chi connectivity index (χ1) is 14.1. The summed E-state index contributed by atoms with van der Waals surface area (Å²) in [5.74, 6) is -2.03. The second-order valence-corrected chi connectivity index (χ2v) is 7.34. The van der Waals surface area contributed by atoms with Gasteiger partial charge in [-0.05, 0) is 19.8 Å². The molecule has 0 aromatic heterocycles. The van der Waals surface area contributed by atoms with Crippen molar-refractivity contribution in [2.24, 2.45) is 5.92 Å². The van der Waals surface area contributed by atoms with Crippen LogP contribution in [-0.4, -0.2) is 65.9 Å². The van der Waals surface area contributed by atoms with Crippen LogP contribution in [0.15, 0.2) is 12.2 Å². The third-order valence-electron chi connectivity index (χ3n) is 4.44. The molecule has 0 spiro atoms. The van der Waals surface area contributed by atoms with Gasteiger partial charge in [-0.2, -0.15) is 0 Å². The summed E-state index contributed by atoms with van der Waals surface area (Å²) in [6.45, 7) is 5.18. The highest BCUT2D eigenvalue weighted by molar-refractivity contribution is 6.12. The zero-order valence-corrected chi connectivity index (χ0v) is 17.7. The quantitative estimate of drug-likeness (QED) is 0.268. The van der Waals surface area contributed by atoms with E-state index in [1.807, 2.05) is 0 Å². The SMILES string of the molecule is CC(C)C(=O)C(C)NC(=O)CNC(=O)CCCCC(=O)NCCN1C(=O)C=CC1=O. The minimum absolute atomic E-state index is 0.0803. The number of nitrogens with one attached hydrogen (secondary N) is 3. The maximum Gasteiger partial charge on any atom is 0.253 e. The van der Waals surface area contributed by atoms with E-state index in [9.17, 15) is 28.8 Å². The standard InChI is InChI=1S/C20H30N4O6/c1-13(2)20(30)14(3)23-17(27)12-22-16(26)7-5-4-6-15(25)21-10-11-24-18(28)8-9-19(24)29/h8-9,13-14H,4-7,10-12H2,1-3H3,(H,21,25)(H,22,26)(H,23,27). The van der Waals surface area contributed by atoms with Gasteiger partial charge in [0.05, 0.1) is 12.6 Å². The van der Waals surface area contributed by atoms with Crippen molar-refractivity contribution >= 4 is 35.3 Å². The van der Waals surface area contributed by atoms with Gasteiger partial charge in [0.15, 0.2) is 5.78 Å². The number of Topliss-reactive ketones (excluding diaryl/α,β-unsaturated/α-hetero) is 1. The lowest BCUT2D eigenvalue weighted by Gasteiger charge is -2.15. The van der Waals surface area contributed by atoms with E-state index in [0.717, 1.165) is 4.90 Å². The lowest BCUT2D eigenvalue weighted by molar-refractivity contribution is -0.137. The summed E-state index contributed by atoms with van der Waals surface area (Å²) in [6, 6.07) is -0.606. The molecule has 0 aromatic carbocycles. The van der Waals surface area contributed by atoms with Gasteiger partial charge in [0.2, 0.25) is 17.7 Å². The van der Waals surface area contributed by atoms with E-state index >= 15 is 0 Å². The van der Waals surface area contributed by atoms with Crippen molar-refractivity contribution in [1.29, 1.82) is 0 Å². The van der Waals surface area contributed by atoms with Crippen molar-refractivity contribution in [2.45, 2.75) is 52.5 Å². The van der Waals surface area contributed by atoms with Gasteiger partial charge in [-0.1, -0.05) is 13.8 Å². The first kappa shape index (κ1) is 25.0. The Morgan fingerprint density at radius 2 is 1.40 bits per heavy atom. The third-order valence-corrected chi connectivity index (χ3v) is 4.44. The maximum atomic E-state index is 11.8. The Bertz CT molecular complexity index is 698. The number of amides is 5. The fraction of sp³-hybridized carbons (Fsp3) is 0.600. The van der Waals surface area contributed by atoms with Gasteiger partial charge in [0.25, 0.3) is 11.8 Å². The Morgan fingerprint density at radius 1 is 0.867 bits per heavy atom. The van der Waals surface area contributed by atoms with Gasteiger partial charge >= 0.3 is 0 Å². The number of rotatable bonds is 13. The summed E-state index contributed by atoms with van der Waals surface area (Å²) < 4.78 is 0. The summed E-state index contributed by atoms with van der Waals surface area (Å²) in [5.41, 5.74) is 0. The average molecular weight is 422 g/mol. The summed E-state index contributed by atoms with van der Waals surface area (Å²) in [7, 11) is 0. The number of carbonyl (C=O) groups is 6. The zero-order valence-electron chi connectivity index (χ0n) is 17.7. The summed E-state index contributed by atoms with van der Waals surface area (Å²) in [5, 5.41) is 7.64. The van der Waals surface area contributed by atoms with Crippen LogP contribution in [0.4, 0.5) is 0 Å². The van der Waals surface area contributed by atoms with Gasteiger partial charge in [-0.25, -0.2) is 0 Å². The number of carbonyl (C=O) groups excluding carboxylic acids is 6. The van der Waals surface area contributed by atoms with Gasteiger partial charge < -0.3 is 16.0 Å². The smallest absolute Gasteiger partial charge is 0.253 e. The number of hydrogen-bond acceptors (Lipinski definition) is 6. The molecule has 30 heavy (non-hydrogen) atoms. The van der Waals surface area contributed by atoms with E-state index in [0.29, 0.717) is 12.8 Å². The Labute approximate surface area is 175 Å². The van der Waals surface area contributed by atoms with Crippen molar-refractivity contribution in [3.63, 3.8) is 0 Å². The fourth-order valence-electron chi connectivity index (χ4n) is 2.75. The maximum absolute atomic E-state index is 11.8. The van der Waals surface area contributed by atoms with Crippen LogP contribution in [0.3, 0.4) is 0 Å². The minimum Gasteiger partial charge on any atom is -0.354 e. The van der Waals surface area contributed by atoms with Crippen molar-refractivity contribution in [3.8, 4) is 0 Å². The van der Waals surface area contributed by atoms with Gasteiger partial charge in [-0.3, -0.25) is 33.7 Å². The number of unbranched alkanes of at least 4 members (excludes halogenated alkanes) is 1. The molecule has 0 saturated heterocycles. The summed E-state index contributed by atoms with van der Waals surface area (Å²) >= 11 is 0. The van der Waals surface area contributed by atoms with Gasteiger partial charge in [0.1, 0.15) is 0 Å². The lowest BCUT2D eigenvalue weighted by Crippen LogP contribution is -2.45. The zero-order chi connectivity index (χ0) is 22.7. The average Bonchev–Trinajstić information content (AvgIpc) is 3.00. The molecule has 0 radical (unpaired) electrons. The van der Waals surface area contributed by atoms with Gasteiger partial charge in [-0.15, -0.1) is 0 Å². The van der Waals surface area contributed by atoms with Crippen molar-refractivity contribution in [1.82, 2.24) is 20.9 Å². The number of hydrogen-bond donors (Lipinski definition) is 3. The van der Waals surface area contributed by atoms with Crippen LogP contribution in [0.25, 0.3) is 0 Å². The molecule has 1 unspecified atom stereocenters. The summed E-state index contributed by atoms with van der Waals surface area (Å²) in [4.78, 5) is 70.8. The Kier molecular flexibility index (Phi) is 10.4. The normalized spacial score (nSPS) is 14.1. The number of nitrogens with zero attached hydrogens (tertiary/aromatic N) is 1. The molecular formula is C20H30N4O6. The molecule has 10 heteroatoms. The molecule has 0 bridgehead atoms. The number of imide groups is 1. The van der Waals surface area contributed by atoms with Crippen molar-refractivity contribution in [3.05, 3.63) is 12.2 Å². The highest BCUT2D eigenvalue weighted by Crippen LogP contribution is 2.03. The van der Waals surface area contributed by atoms with Crippen LogP contribution in [0.5, 0.6) is 0 Å². The Morgan fingerprint density at radius 3 is 1.93 bits per heavy atom. The molecule has 1 aliphatic rings. The molecule has 1 heterocycles. The first-order valence-electron chi connectivity index (χ1n) is 10.0. The van der Waals surface area contributed by atoms with Crippen LogP contribution in [-0.2, 0) is 28.8 Å². The molecule has 166 valence electrons. The fourth-order valence-corrected chi connectivity index (χ4v) is 2.75. The van der Waals surface area contributed by atoms with Crippen LogP contribution >= 0.6 is 0 Å². The van der Waals surface area contributed by atoms with E-state index in [-0.39, 0.29) is 56.0 Å². The van der Waals surface area contributed by atoms with Crippen LogP contribution in [0.2, 0.25) is 0 Å². The minimum atomic E-state index is -0.606. The van der Waals surface area contributed by atoms with E-state index < -0.39 is 23.8 Å². The number of ketones is 1. The topological polar surface area (TPSA) is 142 Å². The second kappa shape index (κ2) is 12.5. The lowest BCUT2D eigenvalue weighted by atomic mass is 10.0. The largest absolute Gasteiger partial charge is 0.354 e. The molecule has 3 N–H and O–H groups in total. The van der Waals surface area contributed by atoms with Gasteiger partial charge in [0, 0.05) is 44.0 Å². The molecule has 0 aliphatic carbocycles. The van der Waals surface area contributed by atoms with Crippen LogP contribution in [0, 0.1) is 5.92 Å². The third kappa shape index (κ3) is 8.97. The molecule has 1 aliphatic heterocycles. The summed E-state index contributed by atoms with van der Waals surface area (Å²) in [6.07, 6.45) is 3.70. The van der Waals surface area contributed by atoms with E-state index in [1.54, 1.807) is 20.8 Å². The predicted molar refractivity (Wildman–Crippen MR) is 108 cm³/mol. The Hall–Kier alpha value is -3.04. The monoisotopic (exact) mass is 422 g/mol. The second-order valence-electron chi connectivity index (χ2n) is 7.34. The molecule has 10 nitrogen and oxygen atoms in total. The van der Waals surface area contributed by atoms with E-state index in [2.05, 4.69) is 16.0 Å². The molecule has 1 rings (SSSR count). The highest BCUT2D eigenvalue weighted by atomic mass is 16.2. The van der Waals surface area contributed by atoms with Crippen molar-refractivity contribution in [2.75, 3.05) is 19.6 Å². The molecule has 0 saturated carbocycles. The van der Waals surface area contributed by atoms with E-state index in [1.165, 1.54) is 12.2 Å². The molecule has 5 amide bonds. The van der Waals surface area contributed by atoms with E-state index in [4.69, 9.17) is 0 Å². The molecule has 0 aromatic rings. The van der Waals surface area contributed by atoms with Crippen molar-refractivity contribution < 1.29 is 28.8 Å².